The molecule has 0 saturated carbocycles. The Balaban J connectivity index is 2.03. The first-order valence-corrected chi connectivity index (χ1v) is 6.62. The summed E-state index contributed by atoms with van der Waals surface area (Å²) in [6, 6.07) is 0. The number of aliphatic hydroxyl groups is 2. The molecule has 102 valence electrons. The van der Waals surface area contributed by atoms with E-state index in [1.165, 1.54) is 6.42 Å². The van der Waals surface area contributed by atoms with Crippen LogP contribution >= 0.6 is 0 Å². The zero-order chi connectivity index (χ0) is 13.0. The standard InChI is InChI=1S/C12H22N4O2/c1-2-12(8-17,9-18)13-7-11-15-14-10-5-3-4-6-16(10)11/h13,17-18H,2-9H2,1H3. The van der Waals surface area contributed by atoms with E-state index in [1.54, 1.807) is 0 Å². The van der Waals surface area contributed by atoms with Gasteiger partial charge in [0.1, 0.15) is 11.6 Å². The minimum Gasteiger partial charge on any atom is -0.394 e. The summed E-state index contributed by atoms with van der Waals surface area (Å²) < 4.78 is 2.14. The quantitative estimate of drug-likeness (QED) is 0.657. The highest BCUT2D eigenvalue weighted by molar-refractivity contribution is 5.00. The molecular weight excluding hydrogens is 232 g/mol. The number of hydrogen-bond donors (Lipinski definition) is 3. The van der Waals surface area contributed by atoms with Crippen molar-refractivity contribution in [3.63, 3.8) is 0 Å². The molecule has 0 unspecified atom stereocenters. The van der Waals surface area contributed by atoms with Gasteiger partial charge in [-0.3, -0.25) is 0 Å². The first-order chi connectivity index (χ1) is 8.74. The number of hydrogen-bond acceptors (Lipinski definition) is 5. The molecule has 0 aliphatic carbocycles. The van der Waals surface area contributed by atoms with Gasteiger partial charge in [0.15, 0.2) is 0 Å². The Kier molecular flexibility index (Phi) is 4.31. The topological polar surface area (TPSA) is 83.2 Å². The lowest BCUT2D eigenvalue weighted by Gasteiger charge is -2.29. The van der Waals surface area contributed by atoms with E-state index >= 15 is 0 Å². The van der Waals surface area contributed by atoms with Gasteiger partial charge in [-0.15, -0.1) is 10.2 Å². The second-order valence-electron chi connectivity index (χ2n) is 4.94. The van der Waals surface area contributed by atoms with Crippen LogP contribution < -0.4 is 5.32 Å². The van der Waals surface area contributed by atoms with Crippen molar-refractivity contribution in [1.29, 1.82) is 0 Å². The monoisotopic (exact) mass is 254 g/mol. The molecular formula is C12H22N4O2. The Labute approximate surface area is 107 Å². The van der Waals surface area contributed by atoms with Crippen LogP contribution in [0.2, 0.25) is 0 Å². The van der Waals surface area contributed by atoms with Crippen molar-refractivity contribution in [2.24, 2.45) is 0 Å². The van der Waals surface area contributed by atoms with Crippen molar-refractivity contribution >= 4 is 0 Å². The second kappa shape index (κ2) is 5.77. The van der Waals surface area contributed by atoms with Gasteiger partial charge >= 0.3 is 0 Å². The van der Waals surface area contributed by atoms with Gasteiger partial charge in [-0.05, 0) is 19.3 Å². The molecule has 3 N–H and O–H groups in total. The zero-order valence-electron chi connectivity index (χ0n) is 10.9. The molecule has 18 heavy (non-hydrogen) atoms. The van der Waals surface area contributed by atoms with Crippen molar-refractivity contribution < 1.29 is 10.2 Å². The zero-order valence-corrected chi connectivity index (χ0v) is 10.9. The molecule has 2 heterocycles. The Morgan fingerprint density at radius 2 is 2.06 bits per heavy atom. The maximum Gasteiger partial charge on any atom is 0.147 e. The van der Waals surface area contributed by atoms with Gasteiger partial charge in [0.05, 0.1) is 25.3 Å². The van der Waals surface area contributed by atoms with Gasteiger partial charge in [0.2, 0.25) is 0 Å². The van der Waals surface area contributed by atoms with Crippen molar-refractivity contribution in [1.82, 2.24) is 20.1 Å². The van der Waals surface area contributed by atoms with Gasteiger partial charge in [-0.2, -0.15) is 0 Å². The molecule has 0 saturated heterocycles. The van der Waals surface area contributed by atoms with Crippen molar-refractivity contribution in [3.05, 3.63) is 11.6 Å². The number of rotatable bonds is 6. The lowest BCUT2D eigenvalue weighted by Crippen LogP contribution is -2.51. The van der Waals surface area contributed by atoms with Gasteiger partial charge in [-0.1, -0.05) is 6.92 Å². The van der Waals surface area contributed by atoms with Gasteiger partial charge in [-0.25, -0.2) is 0 Å². The second-order valence-corrected chi connectivity index (χ2v) is 4.94. The number of nitrogens with one attached hydrogen (secondary N) is 1. The third-order valence-corrected chi connectivity index (χ3v) is 3.84. The van der Waals surface area contributed by atoms with E-state index in [1.807, 2.05) is 6.92 Å². The smallest absolute Gasteiger partial charge is 0.147 e. The molecule has 0 aromatic carbocycles. The molecule has 1 aromatic heterocycles. The van der Waals surface area contributed by atoms with Gasteiger partial charge in [0, 0.05) is 13.0 Å². The fourth-order valence-electron chi connectivity index (χ4n) is 2.28. The average molecular weight is 254 g/mol. The van der Waals surface area contributed by atoms with Gasteiger partial charge < -0.3 is 20.1 Å². The summed E-state index contributed by atoms with van der Waals surface area (Å²) in [4.78, 5) is 0. The highest BCUT2D eigenvalue weighted by atomic mass is 16.3. The summed E-state index contributed by atoms with van der Waals surface area (Å²) in [5, 5.41) is 30.3. The molecule has 1 aliphatic rings. The predicted octanol–water partition coefficient (Wildman–Crippen LogP) is -0.163. The normalized spacial score (nSPS) is 15.7. The van der Waals surface area contributed by atoms with Gasteiger partial charge in [0.25, 0.3) is 0 Å². The summed E-state index contributed by atoms with van der Waals surface area (Å²) >= 11 is 0. The molecule has 0 fully saturated rings. The van der Waals surface area contributed by atoms with E-state index in [2.05, 4.69) is 20.1 Å². The molecule has 6 heteroatoms. The van der Waals surface area contributed by atoms with Crippen LogP contribution in [0.15, 0.2) is 0 Å². The largest absolute Gasteiger partial charge is 0.394 e. The highest BCUT2D eigenvalue weighted by Gasteiger charge is 2.27. The Morgan fingerprint density at radius 1 is 1.28 bits per heavy atom. The molecule has 0 spiro atoms. The number of fused-ring (bicyclic) bond motifs is 1. The van der Waals surface area contributed by atoms with Crippen LogP contribution in [-0.4, -0.2) is 43.7 Å². The van der Waals surface area contributed by atoms with Crippen LogP contribution in [0.4, 0.5) is 0 Å². The molecule has 0 atom stereocenters. The lowest BCUT2D eigenvalue weighted by atomic mass is 9.98. The average Bonchev–Trinajstić information content (AvgIpc) is 2.85. The Hall–Kier alpha value is -0.980. The molecule has 1 aliphatic heterocycles. The molecule has 0 amide bonds. The van der Waals surface area contributed by atoms with E-state index < -0.39 is 5.54 Å². The van der Waals surface area contributed by atoms with E-state index in [9.17, 15) is 10.2 Å². The van der Waals surface area contributed by atoms with Crippen LogP contribution in [0, 0.1) is 0 Å². The number of nitrogens with zero attached hydrogens (tertiary/aromatic N) is 3. The summed E-state index contributed by atoms with van der Waals surface area (Å²) in [6.07, 6.45) is 4.00. The summed E-state index contributed by atoms with van der Waals surface area (Å²) in [6.45, 7) is 3.28. The maximum atomic E-state index is 9.38. The van der Waals surface area contributed by atoms with Crippen molar-refractivity contribution in [2.45, 2.75) is 51.2 Å². The van der Waals surface area contributed by atoms with Crippen LogP contribution in [0.25, 0.3) is 0 Å². The fourth-order valence-corrected chi connectivity index (χ4v) is 2.28. The highest BCUT2D eigenvalue weighted by Crippen LogP contribution is 2.15. The number of aromatic nitrogens is 3. The number of aliphatic hydroxyl groups excluding tert-OH is 2. The summed E-state index contributed by atoms with van der Waals surface area (Å²) in [5.74, 6) is 1.94. The maximum absolute atomic E-state index is 9.38. The lowest BCUT2D eigenvalue weighted by molar-refractivity contribution is 0.0855. The molecule has 1 aromatic rings. The SMILES string of the molecule is CCC(CO)(CO)NCc1nnc2n1CCCC2. The van der Waals surface area contributed by atoms with E-state index in [-0.39, 0.29) is 13.2 Å². The summed E-state index contributed by atoms with van der Waals surface area (Å²) in [5.41, 5.74) is -0.624. The predicted molar refractivity (Wildman–Crippen MR) is 67.0 cm³/mol. The molecule has 6 nitrogen and oxygen atoms in total. The van der Waals surface area contributed by atoms with Crippen LogP contribution in [-0.2, 0) is 19.5 Å². The third kappa shape index (κ3) is 2.55. The van der Waals surface area contributed by atoms with E-state index in [0.717, 1.165) is 31.0 Å². The van der Waals surface area contributed by atoms with E-state index in [0.29, 0.717) is 13.0 Å². The number of aryl methyl sites for hydroxylation is 1. The van der Waals surface area contributed by atoms with Crippen molar-refractivity contribution in [3.8, 4) is 0 Å². The molecule has 0 radical (unpaired) electrons. The molecule has 2 rings (SSSR count). The minimum absolute atomic E-state index is 0.0823. The van der Waals surface area contributed by atoms with Crippen LogP contribution in [0.1, 0.15) is 37.8 Å². The van der Waals surface area contributed by atoms with Crippen molar-refractivity contribution in [2.75, 3.05) is 13.2 Å². The first kappa shape index (κ1) is 13.5. The minimum atomic E-state index is -0.624. The summed E-state index contributed by atoms with van der Waals surface area (Å²) in [7, 11) is 0. The van der Waals surface area contributed by atoms with Crippen LogP contribution in [0.5, 0.6) is 0 Å². The molecule has 0 bridgehead atoms. The van der Waals surface area contributed by atoms with E-state index in [4.69, 9.17) is 0 Å². The first-order valence-electron chi connectivity index (χ1n) is 6.62. The fraction of sp³-hybridized carbons (Fsp3) is 0.833. The van der Waals surface area contributed by atoms with Crippen LogP contribution in [0.3, 0.4) is 0 Å². The Morgan fingerprint density at radius 3 is 2.72 bits per heavy atom. The Bertz CT molecular complexity index is 379. The third-order valence-electron chi connectivity index (χ3n) is 3.84.